The number of thioether (sulfide) groups is 1. The molecule has 0 aliphatic carbocycles. The fourth-order valence-corrected chi connectivity index (χ4v) is 5.06. The lowest BCUT2D eigenvalue weighted by Crippen LogP contribution is -2.50. The predicted molar refractivity (Wildman–Crippen MR) is 102 cm³/mol. The van der Waals surface area contributed by atoms with Gasteiger partial charge in [-0.15, -0.1) is 23.1 Å². The van der Waals surface area contributed by atoms with Gasteiger partial charge in [-0.1, -0.05) is 33.8 Å². The first kappa shape index (κ1) is 19.3. The van der Waals surface area contributed by atoms with Gasteiger partial charge in [0.1, 0.15) is 6.04 Å². The second-order valence-electron chi connectivity index (χ2n) is 7.10. The summed E-state index contributed by atoms with van der Waals surface area (Å²) in [6.07, 6.45) is 1.87. The molecule has 24 heavy (non-hydrogen) atoms. The van der Waals surface area contributed by atoms with Crippen LogP contribution in [0.25, 0.3) is 0 Å². The molecule has 6 heteroatoms. The maximum Gasteiger partial charge on any atom is 0.265 e. The Balaban J connectivity index is 2.10. The van der Waals surface area contributed by atoms with Gasteiger partial charge < -0.3 is 10.2 Å². The number of carbonyl (C=O) groups is 2. The number of rotatable bonds is 7. The minimum absolute atomic E-state index is 0.00957. The summed E-state index contributed by atoms with van der Waals surface area (Å²) >= 11 is 3.17. The first-order valence-electron chi connectivity index (χ1n) is 8.65. The Bertz CT molecular complexity index is 543. The molecule has 0 aromatic carbocycles. The van der Waals surface area contributed by atoms with Crippen LogP contribution < -0.4 is 5.32 Å². The van der Waals surface area contributed by atoms with Crippen LogP contribution in [0.3, 0.4) is 0 Å². The Labute approximate surface area is 153 Å². The highest BCUT2D eigenvalue weighted by Crippen LogP contribution is 2.35. The Hall–Kier alpha value is -1.01. The molecule has 1 aromatic heterocycles. The molecule has 2 heterocycles. The highest BCUT2D eigenvalue weighted by atomic mass is 32.2. The third-order valence-electron chi connectivity index (χ3n) is 4.06. The van der Waals surface area contributed by atoms with Crippen molar-refractivity contribution in [3.8, 4) is 0 Å². The molecule has 0 bridgehead atoms. The molecular formula is C18H28N2O2S2. The van der Waals surface area contributed by atoms with E-state index in [0.29, 0.717) is 29.0 Å². The number of thiophene rings is 1. The van der Waals surface area contributed by atoms with Crippen LogP contribution in [0, 0.1) is 11.8 Å². The van der Waals surface area contributed by atoms with Crippen molar-refractivity contribution in [2.45, 2.75) is 52.0 Å². The summed E-state index contributed by atoms with van der Waals surface area (Å²) in [6, 6.07) is 3.37. The van der Waals surface area contributed by atoms with Crippen LogP contribution >= 0.6 is 23.1 Å². The van der Waals surface area contributed by atoms with E-state index in [9.17, 15) is 9.59 Å². The lowest BCUT2D eigenvalue weighted by molar-refractivity contribution is -0.124. The third kappa shape index (κ3) is 4.99. The summed E-state index contributed by atoms with van der Waals surface area (Å²) in [5, 5.41) is 5.01. The van der Waals surface area contributed by atoms with Crippen molar-refractivity contribution >= 4 is 34.9 Å². The van der Waals surface area contributed by atoms with Crippen LogP contribution in [-0.2, 0) is 4.79 Å². The second-order valence-corrected chi connectivity index (χ2v) is 9.26. The maximum atomic E-state index is 12.9. The van der Waals surface area contributed by atoms with Crippen LogP contribution in [0.2, 0.25) is 0 Å². The largest absolute Gasteiger partial charge is 0.354 e. The monoisotopic (exact) mass is 368 g/mol. The maximum absolute atomic E-state index is 12.9. The lowest BCUT2D eigenvalue weighted by atomic mass is 10.1. The van der Waals surface area contributed by atoms with Crippen molar-refractivity contribution in [1.29, 1.82) is 0 Å². The van der Waals surface area contributed by atoms with Gasteiger partial charge in [0.05, 0.1) is 10.3 Å². The Morgan fingerprint density at radius 3 is 2.62 bits per heavy atom. The fourth-order valence-electron chi connectivity index (χ4n) is 2.75. The van der Waals surface area contributed by atoms with Gasteiger partial charge >= 0.3 is 0 Å². The summed E-state index contributed by atoms with van der Waals surface area (Å²) in [6.45, 7) is 9.27. The number of hydrogen-bond acceptors (Lipinski definition) is 4. The van der Waals surface area contributed by atoms with Crippen LogP contribution in [0.5, 0.6) is 0 Å². The van der Waals surface area contributed by atoms with E-state index >= 15 is 0 Å². The van der Waals surface area contributed by atoms with Gasteiger partial charge in [0, 0.05) is 12.3 Å². The number of carbonyl (C=O) groups excluding carboxylic acids is 2. The van der Waals surface area contributed by atoms with E-state index in [1.165, 1.54) is 11.3 Å². The van der Waals surface area contributed by atoms with Crippen molar-refractivity contribution < 1.29 is 9.59 Å². The van der Waals surface area contributed by atoms with Gasteiger partial charge in [-0.3, -0.25) is 9.59 Å². The molecule has 1 N–H and O–H groups in total. The molecule has 1 aromatic rings. The van der Waals surface area contributed by atoms with E-state index in [1.807, 2.05) is 22.4 Å². The van der Waals surface area contributed by atoms with E-state index in [0.717, 1.165) is 12.8 Å². The van der Waals surface area contributed by atoms with Gasteiger partial charge in [-0.05, 0) is 36.1 Å². The van der Waals surface area contributed by atoms with Gasteiger partial charge in [-0.25, -0.2) is 0 Å². The third-order valence-corrected chi connectivity index (χ3v) is 6.23. The summed E-state index contributed by atoms with van der Waals surface area (Å²) in [4.78, 5) is 28.1. The van der Waals surface area contributed by atoms with Crippen LogP contribution in [-0.4, -0.2) is 40.4 Å². The van der Waals surface area contributed by atoms with Crippen molar-refractivity contribution in [2.24, 2.45) is 11.8 Å². The molecule has 0 spiro atoms. The summed E-state index contributed by atoms with van der Waals surface area (Å²) < 4.78 is 0. The lowest BCUT2D eigenvalue weighted by Gasteiger charge is -2.29. The minimum atomic E-state index is -0.361. The molecule has 0 saturated carbocycles. The molecule has 1 aliphatic rings. The Morgan fingerprint density at radius 1 is 1.29 bits per heavy atom. The first-order chi connectivity index (χ1) is 11.4. The molecule has 2 atom stereocenters. The van der Waals surface area contributed by atoms with E-state index < -0.39 is 0 Å². The number of nitrogens with zero attached hydrogens (tertiary/aromatic N) is 1. The van der Waals surface area contributed by atoms with E-state index in [2.05, 4.69) is 33.0 Å². The highest BCUT2D eigenvalue weighted by molar-refractivity contribution is 8.00. The van der Waals surface area contributed by atoms with E-state index in [4.69, 9.17) is 0 Å². The normalized spacial score (nSPS) is 20.8. The number of hydrogen-bond donors (Lipinski definition) is 1. The molecule has 1 fully saturated rings. The first-order valence-corrected chi connectivity index (χ1v) is 10.6. The molecule has 4 nitrogen and oxygen atoms in total. The average molecular weight is 369 g/mol. The Kier molecular flexibility index (Phi) is 7.16. The van der Waals surface area contributed by atoms with Gasteiger partial charge in [-0.2, -0.15) is 0 Å². The zero-order valence-electron chi connectivity index (χ0n) is 15.0. The van der Waals surface area contributed by atoms with Gasteiger partial charge in [0.2, 0.25) is 5.91 Å². The van der Waals surface area contributed by atoms with Crippen molar-refractivity contribution in [3.05, 3.63) is 22.4 Å². The topological polar surface area (TPSA) is 49.4 Å². The molecule has 2 amide bonds. The quantitative estimate of drug-likeness (QED) is 0.795. The standard InChI is InChI=1S/C18H28N2O2S2/c1-12(2)7-8-19-17(21)14-11-24-16(10-13(3)4)20(14)18(22)15-6-5-9-23-15/h5-6,9,12-14,16H,7-8,10-11H2,1-4H3,(H,19,21). The molecule has 2 unspecified atom stereocenters. The summed E-state index contributed by atoms with van der Waals surface area (Å²) in [7, 11) is 0. The van der Waals surface area contributed by atoms with E-state index in [-0.39, 0.29) is 23.2 Å². The predicted octanol–water partition coefficient (Wildman–Crippen LogP) is 3.84. The number of nitrogens with one attached hydrogen (secondary N) is 1. The molecule has 2 rings (SSSR count). The average Bonchev–Trinajstić information content (AvgIpc) is 3.14. The molecular weight excluding hydrogens is 340 g/mol. The molecule has 0 radical (unpaired) electrons. The Morgan fingerprint density at radius 2 is 2.04 bits per heavy atom. The highest BCUT2D eigenvalue weighted by Gasteiger charge is 2.42. The zero-order valence-corrected chi connectivity index (χ0v) is 16.6. The smallest absolute Gasteiger partial charge is 0.265 e. The molecule has 134 valence electrons. The summed E-state index contributed by atoms with van der Waals surface area (Å²) in [5.74, 6) is 1.70. The van der Waals surface area contributed by atoms with E-state index in [1.54, 1.807) is 11.8 Å². The zero-order chi connectivity index (χ0) is 17.7. The minimum Gasteiger partial charge on any atom is -0.354 e. The van der Waals surface area contributed by atoms with Crippen molar-refractivity contribution in [2.75, 3.05) is 12.3 Å². The van der Waals surface area contributed by atoms with Gasteiger partial charge in [0.25, 0.3) is 5.91 Å². The van der Waals surface area contributed by atoms with Crippen LogP contribution in [0.4, 0.5) is 0 Å². The van der Waals surface area contributed by atoms with Crippen molar-refractivity contribution in [3.63, 3.8) is 0 Å². The van der Waals surface area contributed by atoms with Crippen molar-refractivity contribution in [1.82, 2.24) is 10.2 Å². The SMILES string of the molecule is CC(C)CCNC(=O)C1CSC(CC(C)C)N1C(=O)c1cccs1. The number of amides is 2. The molecule has 1 saturated heterocycles. The fraction of sp³-hybridized carbons (Fsp3) is 0.667. The van der Waals surface area contributed by atoms with Crippen LogP contribution in [0.15, 0.2) is 17.5 Å². The van der Waals surface area contributed by atoms with Crippen LogP contribution in [0.1, 0.15) is 50.2 Å². The molecule has 1 aliphatic heterocycles. The van der Waals surface area contributed by atoms with Gasteiger partial charge in [0.15, 0.2) is 0 Å². The summed E-state index contributed by atoms with van der Waals surface area (Å²) in [5.41, 5.74) is 0. The second kappa shape index (κ2) is 8.90.